The number of nitrogens with one attached hydrogen (secondary N) is 1. The van der Waals surface area contributed by atoms with Crippen molar-refractivity contribution in [1.82, 2.24) is 14.9 Å². The van der Waals surface area contributed by atoms with E-state index in [4.69, 9.17) is 0 Å². The number of likely N-dealkylation sites (tertiary alicyclic amines) is 1. The summed E-state index contributed by atoms with van der Waals surface area (Å²) >= 11 is 0. The van der Waals surface area contributed by atoms with Gasteiger partial charge in [0.05, 0.1) is 0 Å². The fraction of sp³-hybridized carbons (Fsp3) is 0.412. The molecule has 1 aliphatic heterocycles. The van der Waals surface area contributed by atoms with Gasteiger partial charge in [-0.1, -0.05) is 30.3 Å². The molecule has 4 heteroatoms. The Hall–Kier alpha value is -1.94. The summed E-state index contributed by atoms with van der Waals surface area (Å²) in [4.78, 5) is 11.2. The molecule has 0 radical (unpaired) electrons. The van der Waals surface area contributed by atoms with Crippen LogP contribution in [-0.2, 0) is 6.54 Å². The van der Waals surface area contributed by atoms with Crippen LogP contribution < -0.4 is 5.32 Å². The Morgan fingerprint density at radius 3 is 2.62 bits per heavy atom. The predicted molar refractivity (Wildman–Crippen MR) is 85.1 cm³/mol. The van der Waals surface area contributed by atoms with Gasteiger partial charge in [-0.3, -0.25) is 4.90 Å². The normalized spacial score (nSPS) is 22.4. The van der Waals surface area contributed by atoms with Gasteiger partial charge in [0.1, 0.15) is 0 Å². The largest absolute Gasteiger partial charge is 0.350 e. The highest BCUT2D eigenvalue weighted by molar-refractivity contribution is 5.27. The molecule has 1 aromatic heterocycles. The predicted octanol–water partition coefficient (Wildman–Crippen LogP) is 2.86. The Balaban J connectivity index is 1.59. The van der Waals surface area contributed by atoms with Crippen molar-refractivity contribution in [2.75, 3.05) is 11.9 Å². The Bertz CT molecular complexity index is 567. The van der Waals surface area contributed by atoms with Crippen molar-refractivity contribution >= 4 is 5.95 Å². The molecule has 1 N–H and O–H groups in total. The van der Waals surface area contributed by atoms with Gasteiger partial charge >= 0.3 is 0 Å². The minimum Gasteiger partial charge on any atom is -0.350 e. The van der Waals surface area contributed by atoms with E-state index in [9.17, 15) is 0 Å². The SMILES string of the molecule is Cc1cnc(NC2CC(C)N(Cc3ccccc3)C2)nc1. The molecule has 1 saturated heterocycles. The van der Waals surface area contributed by atoms with Crippen molar-refractivity contribution in [3.63, 3.8) is 0 Å². The molecule has 0 saturated carbocycles. The lowest BCUT2D eigenvalue weighted by atomic mass is 10.2. The molecule has 4 nitrogen and oxygen atoms in total. The van der Waals surface area contributed by atoms with Gasteiger partial charge in [0.25, 0.3) is 0 Å². The minimum absolute atomic E-state index is 0.423. The lowest BCUT2D eigenvalue weighted by Crippen LogP contribution is -2.28. The molecular formula is C17H22N4. The zero-order chi connectivity index (χ0) is 14.7. The lowest BCUT2D eigenvalue weighted by Gasteiger charge is -2.20. The quantitative estimate of drug-likeness (QED) is 0.936. The summed E-state index contributed by atoms with van der Waals surface area (Å²) in [5, 5.41) is 3.45. The van der Waals surface area contributed by atoms with E-state index in [2.05, 4.69) is 57.4 Å². The van der Waals surface area contributed by atoms with E-state index in [1.54, 1.807) is 0 Å². The molecule has 0 bridgehead atoms. The molecule has 2 atom stereocenters. The van der Waals surface area contributed by atoms with Gasteiger partial charge in [-0.15, -0.1) is 0 Å². The first-order chi connectivity index (χ1) is 10.2. The number of anilines is 1. The Kier molecular flexibility index (Phi) is 4.15. The zero-order valence-electron chi connectivity index (χ0n) is 12.7. The third kappa shape index (κ3) is 3.58. The monoisotopic (exact) mass is 282 g/mol. The number of hydrogen-bond donors (Lipinski definition) is 1. The van der Waals surface area contributed by atoms with Crippen LogP contribution in [0, 0.1) is 6.92 Å². The lowest BCUT2D eigenvalue weighted by molar-refractivity contribution is 0.259. The van der Waals surface area contributed by atoms with Crippen LogP contribution >= 0.6 is 0 Å². The molecule has 3 rings (SSSR count). The van der Waals surface area contributed by atoms with Crippen molar-refractivity contribution in [3.8, 4) is 0 Å². The van der Waals surface area contributed by atoms with Crippen molar-refractivity contribution < 1.29 is 0 Å². The fourth-order valence-electron chi connectivity index (χ4n) is 2.89. The summed E-state index contributed by atoms with van der Waals surface area (Å²) in [5.41, 5.74) is 2.46. The van der Waals surface area contributed by atoms with E-state index >= 15 is 0 Å². The van der Waals surface area contributed by atoms with E-state index in [0.29, 0.717) is 12.1 Å². The van der Waals surface area contributed by atoms with E-state index < -0.39 is 0 Å². The average Bonchev–Trinajstić information content (AvgIpc) is 2.82. The van der Waals surface area contributed by atoms with E-state index in [-0.39, 0.29) is 0 Å². The maximum Gasteiger partial charge on any atom is 0.222 e. The number of rotatable bonds is 4. The summed E-state index contributed by atoms with van der Waals surface area (Å²) in [6, 6.07) is 11.7. The van der Waals surface area contributed by atoms with E-state index in [1.165, 1.54) is 5.56 Å². The maximum absolute atomic E-state index is 4.34. The molecule has 2 unspecified atom stereocenters. The summed E-state index contributed by atoms with van der Waals surface area (Å²) in [7, 11) is 0. The summed E-state index contributed by atoms with van der Waals surface area (Å²) < 4.78 is 0. The second kappa shape index (κ2) is 6.22. The Morgan fingerprint density at radius 2 is 1.90 bits per heavy atom. The molecule has 0 amide bonds. The highest BCUT2D eigenvalue weighted by atomic mass is 15.2. The zero-order valence-corrected chi connectivity index (χ0v) is 12.7. The van der Waals surface area contributed by atoms with Crippen molar-refractivity contribution in [2.45, 2.75) is 38.9 Å². The molecule has 1 aliphatic rings. The summed E-state index contributed by atoms with van der Waals surface area (Å²) in [6.45, 7) is 6.34. The first-order valence-electron chi connectivity index (χ1n) is 7.54. The fourth-order valence-corrected chi connectivity index (χ4v) is 2.89. The molecule has 1 aromatic carbocycles. The van der Waals surface area contributed by atoms with Gasteiger partial charge in [0.2, 0.25) is 5.95 Å². The number of nitrogens with zero attached hydrogens (tertiary/aromatic N) is 3. The van der Waals surface area contributed by atoms with Crippen LogP contribution in [0.3, 0.4) is 0 Å². The van der Waals surface area contributed by atoms with E-state index in [1.807, 2.05) is 19.3 Å². The molecule has 1 fully saturated rings. The molecule has 21 heavy (non-hydrogen) atoms. The van der Waals surface area contributed by atoms with Gasteiger partial charge in [-0.25, -0.2) is 9.97 Å². The maximum atomic E-state index is 4.34. The van der Waals surface area contributed by atoms with Gasteiger partial charge < -0.3 is 5.32 Å². The number of aryl methyl sites for hydroxylation is 1. The van der Waals surface area contributed by atoms with Crippen molar-refractivity contribution in [2.24, 2.45) is 0 Å². The molecule has 0 aliphatic carbocycles. The van der Waals surface area contributed by atoms with Crippen LogP contribution in [0.1, 0.15) is 24.5 Å². The summed E-state index contributed by atoms with van der Waals surface area (Å²) in [6.07, 6.45) is 4.84. The third-order valence-corrected chi connectivity index (χ3v) is 4.05. The molecule has 2 heterocycles. The number of aromatic nitrogens is 2. The standard InChI is InChI=1S/C17H22N4/c1-13-9-18-17(19-10-13)20-16-8-14(2)21(12-16)11-15-6-4-3-5-7-15/h3-7,9-10,14,16H,8,11-12H2,1-2H3,(H,18,19,20). The molecular weight excluding hydrogens is 260 g/mol. The van der Waals surface area contributed by atoms with Gasteiger partial charge in [-0.05, 0) is 31.4 Å². The first kappa shape index (κ1) is 14.0. The van der Waals surface area contributed by atoms with Crippen molar-refractivity contribution in [3.05, 3.63) is 53.9 Å². The highest BCUT2D eigenvalue weighted by Gasteiger charge is 2.29. The average molecular weight is 282 g/mol. The van der Waals surface area contributed by atoms with Gasteiger partial charge in [-0.2, -0.15) is 0 Å². The van der Waals surface area contributed by atoms with Crippen LogP contribution in [0.4, 0.5) is 5.95 Å². The minimum atomic E-state index is 0.423. The second-order valence-electron chi connectivity index (χ2n) is 5.93. The van der Waals surface area contributed by atoms with Crippen LogP contribution in [0.2, 0.25) is 0 Å². The third-order valence-electron chi connectivity index (χ3n) is 4.05. The topological polar surface area (TPSA) is 41.1 Å². The van der Waals surface area contributed by atoms with Gasteiger partial charge in [0, 0.05) is 37.6 Å². The molecule has 0 spiro atoms. The number of benzene rings is 1. The van der Waals surface area contributed by atoms with Gasteiger partial charge in [0.15, 0.2) is 0 Å². The molecule has 2 aromatic rings. The van der Waals surface area contributed by atoms with Crippen LogP contribution in [0.5, 0.6) is 0 Å². The Labute approximate surface area is 126 Å². The Morgan fingerprint density at radius 1 is 1.19 bits per heavy atom. The molecule has 110 valence electrons. The van der Waals surface area contributed by atoms with Crippen LogP contribution in [0.25, 0.3) is 0 Å². The van der Waals surface area contributed by atoms with Crippen LogP contribution in [-0.4, -0.2) is 33.5 Å². The van der Waals surface area contributed by atoms with Crippen LogP contribution in [0.15, 0.2) is 42.7 Å². The van der Waals surface area contributed by atoms with Crippen molar-refractivity contribution in [1.29, 1.82) is 0 Å². The second-order valence-corrected chi connectivity index (χ2v) is 5.93. The summed E-state index contributed by atoms with van der Waals surface area (Å²) in [5.74, 6) is 0.736. The smallest absolute Gasteiger partial charge is 0.222 e. The highest BCUT2D eigenvalue weighted by Crippen LogP contribution is 2.22. The number of hydrogen-bond acceptors (Lipinski definition) is 4. The van der Waals surface area contributed by atoms with E-state index in [0.717, 1.165) is 31.0 Å². The first-order valence-corrected chi connectivity index (χ1v) is 7.54.